The van der Waals surface area contributed by atoms with E-state index < -0.39 is 0 Å². The van der Waals surface area contributed by atoms with Gasteiger partial charge >= 0.3 is 0 Å². The number of anilines is 1. The molecule has 0 bridgehead atoms. The minimum absolute atomic E-state index is 0.341. The zero-order valence-corrected chi connectivity index (χ0v) is 13.2. The van der Waals surface area contributed by atoms with Gasteiger partial charge in [0.1, 0.15) is 0 Å². The summed E-state index contributed by atoms with van der Waals surface area (Å²) in [5.74, 6) is 0.686. The average Bonchev–Trinajstić information content (AvgIpc) is 2.88. The lowest BCUT2D eigenvalue weighted by molar-refractivity contribution is 0.411. The Hall–Kier alpha value is -0.940. The number of nitrogens with one attached hydrogen (secondary N) is 1. The highest BCUT2D eigenvalue weighted by molar-refractivity contribution is 8.00. The Morgan fingerprint density at radius 3 is 2.90 bits per heavy atom. The largest absolute Gasteiger partial charge is 0.352 e. The minimum Gasteiger partial charge on any atom is -0.352 e. The van der Waals surface area contributed by atoms with Crippen LogP contribution in [0.15, 0.2) is 18.3 Å². The summed E-state index contributed by atoms with van der Waals surface area (Å²) >= 11 is 7.93. The van der Waals surface area contributed by atoms with Crippen molar-refractivity contribution in [3.05, 3.63) is 23.4 Å². The van der Waals surface area contributed by atoms with E-state index in [0.717, 1.165) is 12.2 Å². The first-order valence-corrected chi connectivity index (χ1v) is 8.62. The van der Waals surface area contributed by atoms with Crippen LogP contribution in [0.1, 0.15) is 32.1 Å². The van der Waals surface area contributed by atoms with Crippen LogP contribution in [0.2, 0.25) is 5.02 Å². The maximum absolute atomic E-state index is 5.96. The Bertz CT molecular complexity index is 592. The molecule has 1 saturated carbocycles. The first kappa shape index (κ1) is 14.0. The highest BCUT2D eigenvalue weighted by Gasteiger charge is 2.31. The van der Waals surface area contributed by atoms with Crippen LogP contribution in [-0.4, -0.2) is 32.1 Å². The first-order chi connectivity index (χ1) is 9.71. The molecule has 0 unspecified atom stereocenters. The third-order valence-electron chi connectivity index (χ3n) is 4.06. The van der Waals surface area contributed by atoms with Crippen LogP contribution in [0.25, 0.3) is 5.65 Å². The van der Waals surface area contributed by atoms with Gasteiger partial charge in [0, 0.05) is 17.5 Å². The zero-order chi connectivity index (χ0) is 14.0. The number of thioether (sulfide) groups is 1. The smallest absolute Gasteiger partial charge is 0.243 e. The van der Waals surface area contributed by atoms with Crippen LogP contribution >= 0.6 is 23.4 Å². The third-order valence-corrected chi connectivity index (χ3v) is 5.70. The number of fused-ring (bicyclic) bond motifs is 1. The Morgan fingerprint density at radius 2 is 2.15 bits per heavy atom. The Morgan fingerprint density at radius 1 is 1.35 bits per heavy atom. The van der Waals surface area contributed by atoms with Crippen molar-refractivity contribution in [2.75, 3.05) is 18.1 Å². The fourth-order valence-electron chi connectivity index (χ4n) is 2.82. The molecule has 0 aliphatic heterocycles. The summed E-state index contributed by atoms with van der Waals surface area (Å²) in [6.07, 6.45) is 10.6. The third kappa shape index (κ3) is 2.88. The van der Waals surface area contributed by atoms with Crippen molar-refractivity contribution in [1.29, 1.82) is 0 Å². The van der Waals surface area contributed by atoms with Gasteiger partial charge in [0.15, 0.2) is 5.65 Å². The first-order valence-electron chi connectivity index (χ1n) is 7.02. The van der Waals surface area contributed by atoms with Gasteiger partial charge in [-0.3, -0.25) is 0 Å². The molecular weight excluding hydrogens is 292 g/mol. The maximum atomic E-state index is 5.96. The van der Waals surface area contributed by atoms with E-state index in [0.29, 0.717) is 15.7 Å². The van der Waals surface area contributed by atoms with Crippen molar-refractivity contribution in [3.63, 3.8) is 0 Å². The monoisotopic (exact) mass is 310 g/mol. The van der Waals surface area contributed by atoms with E-state index in [4.69, 9.17) is 11.6 Å². The number of hydrogen-bond donors (Lipinski definition) is 1. The zero-order valence-electron chi connectivity index (χ0n) is 11.6. The summed E-state index contributed by atoms with van der Waals surface area (Å²) in [6.45, 7) is 0.929. The lowest BCUT2D eigenvalue weighted by Crippen LogP contribution is -2.35. The van der Waals surface area contributed by atoms with E-state index in [-0.39, 0.29) is 0 Å². The van der Waals surface area contributed by atoms with Crippen molar-refractivity contribution < 1.29 is 0 Å². The van der Waals surface area contributed by atoms with Gasteiger partial charge in [-0.2, -0.15) is 16.7 Å². The maximum Gasteiger partial charge on any atom is 0.243 e. The van der Waals surface area contributed by atoms with Gasteiger partial charge < -0.3 is 5.32 Å². The Kier molecular flexibility index (Phi) is 4.08. The number of nitrogens with zero attached hydrogens (tertiary/aromatic N) is 3. The van der Waals surface area contributed by atoms with Gasteiger partial charge in [-0.15, -0.1) is 5.10 Å². The quantitative estimate of drug-likeness (QED) is 0.931. The minimum atomic E-state index is 0.341. The Labute approximate surface area is 128 Å². The number of halogens is 1. The second kappa shape index (κ2) is 5.82. The molecule has 20 heavy (non-hydrogen) atoms. The predicted octanol–water partition coefficient (Wildman–Crippen LogP) is 3.86. The standard InChI is InChI=1S/C14H19ClN4S/c1-20-14(7-3-2-4-8-14)10-16-13-17-12-6-5-11(15)9-19(12)18-13/h5-6,9H,2-4,7-8,10H2,1H3,(H,16,18). The average molecular weight is 311 g/mol. The predicted molar refractivity (Wildman–Crippen MR) is 85.8 cm³/mol. The molecule has 1 fully saturated rings. The van der Waals surface area contributed by atoms with Gasteiger partial charge in [-0.1, -0.05) is 30.9 Å². The van der Waals surface area contributed by atoms with Crippen molar-refractivity contribution in [2.45, 2.75) is 36.9 Å². The molecule has 2 heterocycles. The molecule has 0 amide bonds. The molecule has 4 nitrogen and oxygen atoms in total. The fourth-order valence-corrected chi connectivity index (χ4v) is 3.89. The van der Waals surface area contributed by atoms with Gasteiger partial charge in [-0.25, -0.2) is 4.52 Å². The number of aromatic nitrogens is 3. The number of hydrogen-bond acceptors (Lipinski definition) is 4. The molecule has 1 N–H and O–H groups in total. The molecule has 108 valence electrons. The summed E-state index contributed by atoms with van der Waals surface area (Å²) in [4.78, 5) is 4.48. The lowest BCUT2D eigenvalue weighted by atomic mass is 9.88. The molecule has 0 aromatic carbocycles. The van der Waals surface area contributed by atoms with Crippen LogP contribution < -0.4 is 5.32 Å². The van der Waals surface area contributed by atoms with Crippen molar-refractivity contribution in [2.24, 2.45) is 0 Å². The SMILES string of the molecule is CSC1(CNc2nc3ccc(Cl)cn3n2)CCCCC1. The van der Waals surface area contributed by atoms with E-state index >= 15 is 0 Å². The molecular formula is C14H19ClN4S. The summed E-state index contributed by atoms with van der Waals surface area (Å²) in [5.41, 5.74) is 0.818. The van der Waals surface area contributed by atoms with E-state index in [1.807, 2.05) is 23.9 Å². The normalized spacial score (nSPS) is 18.3. The van der Waals surface area contributed by atoms with Crippen LogP contribution in [0.4, 0.5) is 5.95 Å². The molecule has 3 rings (SSSR count). The van der Waals surface area contributed by atoms with E-state index in [1.165, 1.54) is 32.1 Å². The fraction of sp³-hybridized carbons (Fsp3) is 0.571. The van der Waals surface area contributed by atoms with Crippen molar-refractivity contribution >= 4 is 35.0 Å². The second-order valence-corrected chi connectivity index (χ2v) is 7.10. The molecule has 2 aromatic heterocycles. The van der Waals surface area contributed by atoms with E-state index in [1.54, 1.807) is 10.7 Å². The highest BCUT2D eigenvalue weighted by Crippen LogP contribution is 2.38. The summed E-state index contributed by atoms with van der Waals surface area (Å²) in [6, 6.07) is 3.71. The van der Waals surface area contributed by atoms with Crippen molar-refractivity contribution in [1.82, 2.24) is 14.6 Å². The summed E-state index contributed by atoms with van der Waals surface area (Å²) < 4.78 is 2.06. The molecule has 6 heteroatoms. The second-order valence-electron chi connectivity index (χ2n) is 5.39. The van der Waals surface area contributed by atoms with Crippen LogP contribution in [0.5, 0.6) is 0 Å². The van der Waals surface area contributed by atoms with Gasteiger partial charge in [0.05, 0.1) is 5.02 Å². The molecule has 1 aliphatic rings. The van der Waals surface area contributed by atoms with Gasteiger partial charge in [0.25, 0.3) is 0 Å². The van der Waals surface area contributed by atoms with E-state index in [2.05, 4.69) is 21.7 Å². The molecule has 0 spiro atoms. The molecule has 0 radical (unpaired) electrons. The molecule has 2 aromatic rings. The van der Waals surface area contributed by atoms with E-state index in [9.17, 15) is 0 Å². The van der Waals surface area contributed by atoms with Crippen LogP contribution in [-0.2, 0) is 0 Å². The number of pyridine rings is 1. The lowest BCUT2D eigenvalue weighted by Gasteiger charge is -2.35. The molecule has 1 aliphatic carbocycles. The van der Waals surface area contributed by atoms with Gasteiger partial charge in [-0.05, 0) is 31.2 Å². The summed E-state index contributed by atoms with van der Waals surface area (Å²) in [5, 5.41) is 8.50. The highest BCUT2D eigenvalue weighted by atomic mass is 35.5. The van der Waals surface area contributed by atoms with Gasteiger partial charge in [0.2, 0.25) is 5.95 Å². The van der Waals surface area contributed by atoms with Crippen LogP contribution in [0.3, 0.4) is 0 Å². The van der Waals surface area contributed by atoms with Crippen molar-refractivity contribution in [3.8, 4) is 0 Å². The summed E-state index contributed by atoms with van der Waals surface area (Å²) in [7, 11) is 0. The van der Waals surface area contributed by atoms with Crippen LogP contribution in [0, 0.1) is 0 Å². The molecule has 0 atom stereocenters. The molecule has 0 saturated heterocycles. The Balaban J connectivity index is 1.72. The number of rotatable bonds is 4. The topological polar surface area (TPSA) is 42.2 Å².